The molecule has 1 aliphatic rings. The Bertz CT molecular complexity index is 196. The average Bonchev–Trinajstić information content (AvgIpc) is 2.75. The Hall–Kier alpha value is -0.260. The Morgan fingerprint density at radius 2 is 2.53 bits per heavy atom. The first-order valence-electron chi connectivity index (χ1n) is 5.38. The largest absolute Gasteiger partial charge is 0.385 e. The van der Waals surface area contributed by atoms with Gasteiger partial charge in [0.25, 0.3) is 0 Å². The summed E-state index contributed by atoms with van der Waals surface area (Å²) in [4.78, 5) is 11.5. The molecule has 2 atom stereocenters. The van der Waals surface area contributed by atoms with Crippen LogP contribution in [0, 0.1) is 0 Å². The summed E-state index contributed by atoms with van der Waals surface area (Å²) < 4.78 is 4.88. The molecule has 0 aromatic rings. The van der Waals surface area contributed by atoms with E-state index in [9.17, 15) is 4.79 Å². The molecule has 0 saturated carbocycles. The molecule has 1 amide bonds. The van der Waals surface area contributed by atoms with Crippen LogP contribution in [-0.2, 0) is 9.53 Å². The van der Waals surface area contributed by atoms with E-state index in [2.05, 4.69) is 5.32 Å². The van der Waals surface area contributed by atoms with Crippen molar-refractivity contribution in [1.82, 2.24) is 5.32 Å². The van der Waals surface area contributed by atoms with E-state index in [1.807, 2.05) is 11.8 Å². The molecule has 0 aliphatic carbocycles. The highest BCUT2D eigenvalue weighted by Crippen LogP contribution is 2.25. The van der Waals surface area contributed by atoms with Crippen LogP contribution in [0.2, 0.25) is 0 Å². The lowest BCUT2D eigenvalue weighted by Crippen LogP contribution is -2.43. The van der Waals surface area contributed by atoms with Gasteiger partial charge in [-0.2, -0.15) is 11.8 Å². The maximum Gasteiger partial charge on any atom is 0.237 e. The fourth-order valence-electron chi connectivity index (χ4n) is 1.53. The summed E-state index contributed by atoms with van der Waals surface area (Å²) in [5.41, 5.74) is 5.69. The number of hydrogen-bond donors (Lipinski definition) is 2. The third kappa shape index (κ3) is 4.86. The Balaban J connectivity index is 2.11. The summed E-state index contributed by atoms with van der Waals surface area (Å²) >= 11 is 1.93. The van der Waals surface area contributed by atoms with E-state index in [1.54, 1.807) is 7.11 Å². The van der Waals surface area contributed by atoms with Gasteiger partial charge in [0, 0.05) is 25.5 Å². The van der Waals surface area contributed by atoms with E-state index in [-0.39, 0.29) is 5.91 Å². The molecule has 0 aromatic heterocycles. The lowest BCUT2D eigenvalue weighted by atomic mass is 10.2. The minimum atomic E-state index is -0.434. The van der Waals surface area contributed by atoms with E-state index in [4.69, 9.17) is 10.5 Å². The third-order valence-electron chi connectivity index (χ3n) is 2.50. The molecule has 1 rings (SSSR count). The quantitative estimate of drug-likeness (QED) is 0.694. The lowest BCUT2D eigenvalue weighted by molar-refractivity contribution is -0.122. The molecule has 15 heavy (non-hydrogen) atoms. The van der Waals surface area contributed by atoms with Gasteiger partial charge in [-0.05, 0) is 25.0 Å². The van der Waals surface area contributed by atoms with Gasteiger partial charge in [0.2, 0.25) is 5.91 Å². The molecule has 0 spiro atoms. The van der Waals surface area contributed by atoms with Crippen LogP contribution in [0.25, 0.3) is 0 Å². The fourth-order valence-corrected chi connectivity index (χ4v) is 2.73. The van der Waals surface area contributed by atoms with Gasteiger partial charge < -0.3 is 15.8 Å². The van der Waals surface area contributed by atoms with Crippen LogP contribution in [0.15, 0.2) is 0 Å². The SMILES string of the molecule is COCCC(N)C(=O)NCC1CCCS1. The van der Waals surface area contributed by atoms with Crippen LogP contribution >= 0.6 is 11.8 Å². The number of methoxy groups -OCH3 is 1. The average molecular weight is 232 g/mol. The maximum atomic E-state index is 11.5. The highest BCUT2D eigenvalue weighted by atomic mass is 32.2. The number of amides is 1. The van der Waals surface area contributed by atoms with Gasteiger partial charge in [-0.15, -0.1) is 0 Å². The van der Waals surface area contributed by atoms with Crippen LogP contribution in [0.4, 0.5) is 0 Å². The second kappa shape index (κ2) is 7.09. The number of nitrogens with one attached hydrogen (secondary N) is 1. The van der Waals surface area contributed by atoms with Crippen molar-refractivity contribution in [2.75, 3.05) is 26.0 Å². The summed E-state index contributed by atoms with van der Waals surface area (Å²) in [5, 5.41) is 3.48. The molecule has 1 fully saturated rings. The van der Waals surface area contributed by atoms with E-state index < -0.39 is 6.04 Å². The number of carbonyl (C=O) groups excluding carboxylic acids is 1. The van der Waals surface area contributed by atoms with Crippen molar-refractivity contribution in [2.45, 2.75) is 30.6 Å². The van der Waals surface area contributed by atoms with Crippen molar-refractivity contribution in [1.29, 1.82) is 0 Å². The molecule has 5 heteroatoms. The number of nitrogens with two attached hydrogens (primary N) is 1. The van der Waals surface area contributed by atoms with Gasteiger partial charge in [-0.1, -0.05) is 0 Å². The van der Waals surface area contributed by atoms with Gasteiger partial charge in [0.1, 0.15) is 0 Å². The van der Waals surface area contributed by atoms with Crippen LogP contribution in [0.3, 0.4) is 0 Å². The van der Waals surface area contributed by atoms with Crippen molar-refractivity contribution < 1.29 is 9.53 Å². The molecule has 2 unspecified atom stereocenters. The van der Waals surface area contributed by atoms with Crippen molar-refractivity contribution in [3.63, 3.8) is 0 Å². The number of hydrogen-bond acceptors (Lipinski definition) is 4. The first kappa shape index (κ1) is 12.8. The first-order valence-corrected chi connectivity index (χ1v) is 6.42. The van der Waals surface area contributed by atoms with Gasteiger partial charge in [-0.3, -0.25) is 4.79 Å². The molecule has 88 valence electrons. The zero-order chi connectivity index (χ0) is 11.1. The molecule has 3 N–H and O–H groups in total. The van der Waals surface area contributed by atoms with Gasteiger partial charge in [0.15, 0.2) is 0 Å². The zero-order valence-corrected chi connectivity index (χ0v) is 10.0. The monoisotopic (exact) mass is 232 g/mol. The number of carbonyl (C=O) groups is 1. The fraction of sp³-hybridized carbons (Fsp3) is 0.900. The smallest absolute Gasteiger partial charge is 0.237 e. The van der Waals surface area contributed by atoms with Crippen molar-refractivity contribution in [3.8, 4) is 0 Å². The summed E-state index contributed by atoms with van der Waals surface area (Å²) in [6.07, 6.45) is 3.05. The van der Waals surface area contributed by atoms with Crippen LogP contribution in [0.5, 0.6) is 0 Å². The lowest BCUT2D eigenvalue weighted by Gasteiger charge is -2.14. The first-order chi connectivity index (χ1) is 7.24. The van der Waals surface area contributed by atoms with Crippen molar-refractivity contribution >= 4 is 17.7 Å². The minimum absolute atomic E-state index is 0.0560. The second-order valence-corrected chi connectivity index (χ2v) is 5.18. The van der Waals surface area contributed by atoms with E-state index in [0.29, 0.717) is 18.3 Å². The van der Waals surface area contributed by atoms with E-state index >= 15 is 0 Å². The van der Waals surface area contributed by atoms with Crippen molar-refractivity contribution in [3.05, 3.63) is 0 Å². The van der Waals surface area contributed by atoms with Crippen LogP contribution in [0.1, 0.15) is 19.3 Å². The predicted molar refractivity (Wildman–Crippen MR) is 63.0 cm³/mol. The molecule has 1 saturated heterocycles. The van der Waals surface area contributed by atoms with E-state index in [1.165, 1.54) is 18.6 Å². The molecular weight excluding hydrogens is 212 g/mol. The molecule has 0 aromatic carbocycles. The van der Waals surface area contributed by atoms with E-state index in [0.717, 1.165) is 6.54 Å². The Labute approximate surface area is 95.3 Å². The van der Waals surface area contributed by atoms with Gasteiger partial charge in [0.05, 0.1) is 6.04 Å². The molecule has 0 bridgehead atoms. The standard InChI is InChI=1S/C10H20N2O2S/c1-14-5-4-9(11)10(13)12-7-8-3-2-6-15-8/h8-9H,2-7,11H2,1H3,(H,12,13). The van der Waals surface area contributed by atoms with Crippen LogP contribution < -0.4 is 11.1 Å². The highest BCUT2D eigenvalue weighted by molar-refractivity contribution is 8.00. The summed E-state index contributed by atoms with van der Waals surface area (Å²) in [6.45, 7) is 1.29. The Morgan fingerprint density at radius 1 is 1.73 bits per heavy atom. The normalized spacial score (nSPS) is 22.7. The van der Waals surface area contributed by atoms with Crippen molar-refractivity contribution in [2.24, 2.45) is 5.73 Å². The molecule has 0 radical (unpaired) electrons. The summed E-state index contributed by atoms with van der Waals surface area (Å²) in [6, 6.07) is -0.434. The second-order valence-electron chi connectivity index (χ2n) is 3.77. The molecular formula is C10H20N2O2S. The summed E-state index contributed by atoms with van der Waals surface area (Å²) in [7, 11) is 1.61. The highest BCUT2D eigenvalue weighted by Gasteiger charge is 2.18. The zero-order valence-electron chi connectivity index (χ0n) is 9.20. The van der Waals surface area contributed by atoms with Gasteiger partial charge in [-0.25, -0.2) is 0 Å². The number of thioether (sulfide) groups is 1. The molecule has 1 aliphatic heterocycles. The summed E-state index contributed by atoms with van der Waals surface area (Å²) in [5.74, 6) is 1.16. The molecule has 4 nitrogen and oxygen atoms in total. The topological polar surface area (TPSA) is 64.3 Å². The molecule has 1 heterocycles. The minimum Gasteiger partial charge on any atom is -0.385 e. The van der Waals surface area contributed by atoms with Gasteiger partial charge >= 0.3 is 0 Å². The predicted octanol–water partition coefficient (Wildman–Crippen LogP) is 0.362. The maximum absolute atomic E-state index is 11.5. The Morgan fingerprint density at radius 3 is 3.13 bits per heavy atom. The number of rotatable bonds is 6. The van der Waals surface area contributed by atoms with Crippen LogP contribution in [-0.4, -0.2) is 43.2 Å². The number of ether oxygens (including phenoxy) is 1. The Kier molecular flexibility index (Phi) is 6.05. The third-order valence-corrected chi connectivity index (χ3v) is 3.90.